The molecule has 0 radical (unpaired) electrons. The summed E-state index contributed by atoms with van der Waals surface area (Å²) in [4.78, 5) is 12.7. The van der Waals surface area contributed by atoms with E-state index in [4.69, 9.17) is 0 Å². The fraction of sp³-hybridized carbons (Fsp3) is 0.125. The van der Waals surface area contributed by atoms with Gasteiger partial charge in [0.25, 0.3) is 5.56 Å². The van der Waals surface area contributed by atoms with Crippen LogP contribution in [-0.4, -0.2) is 10.3 Å². The molecule has 3 aromatic carbocycles. The molecule has 0 atom stereocenters. The number of fused-ring (bicyclic) bond motifs is 2. The topological polar surface area (TPSA) is 22.0 Å². The summed E-state index contributed by atoms with van der Waals surface area (Å²) in [5.74, 6) is 0.637. The van der Waals surface area contributed by atoms with Gasteiger partial charge < -0.3 is 4.57 Å². The van der Waals surface area contributed by atoms with Crippen LogP contribution in [0.2, 0.25) is 0 Å². The summed E-state index contributed by atoms with van der Waals surface area (Å²) >= 11 is 1.71. The van der Waals surface area contributed by atoms with Crippen molar-refractivity contribution in [1.29, 1.82) is 0 Å². The lowest BCUT2D eigenvalue weighted by atomic mass is 9.94. The summed E-state index contributed by atoms with van der Waals surface area (Å²) < 4.78 is 15.3. The van der Waals surface area contributed by atoms with Gasteiger partial charge in [-0.3, -0.25) is 4.79 Å². The Labute approximate surface area is 166 Å². The van der Waals surface area contributed by atoms with E-state index in [1.165, 1.54) is 28.5 Å². The molecule has 4 aromatic rings. The summed E-state index contributed by atoms with van der Waals surface area (Å²) in [7, 11) is 0. The van der Waals surface area contributed by atoms with Gasteiger partial charge in [-0.05, 0) is 46.0 Å². The molecule has 138 valence electrons. The molecule has 0 saturated heterocycles. The van der Waals surface area contributed by atoms with E-state index in [1.54, 1.807) is 17.8 Å². The highest BCUT2D eigenvalue weighted by Gasteiger charge is 2.22. The van der Waals surface area contributed by atoms with Crippen LogP contribution >= 0.6 is 11.8 Å². The van der Waals surface area contributed by atoms with E-state index in [-0.39, 0.29) is 11.4 Å². The molecule has 1 aliphatic rings. The minimum absolute atomic E-state index is 0.0427. The standard InChI is InChI=1S/C24H18FNOS/c25-20-10-8-17(9-11-20)23-19(15-22(27)26-12-13-28-24(23)26)14-18-6-3-5-16-4-1-2-7-21(16)18/h1-11,15H,12-14H2. The molecule has 0 saturated carbocycles. The normalized spacial score (nSPS) is 13.0. The minimum atomic E-state index is -0.253. The molecule has 0 unspecified atom stereocenters. The zero-order valence-electron chi connectivity index (χ0n) is 15.2. The number of aromatic nitrogens is 1. The van der Waals surface area contributed by atoms with Crippen LogP contribution in [0.1, 0.15) is 11.1 Å². The van der Waals surface area contributed by atoms with E-state index in [2.05, 4.69) is 30.3 Å². The number of halogens is 1. The number of rotatable bonds is 3. The second kappa shape index (κ2) is 6.95. The lowest BCUT2D eigenvalue weighted by molar-refractivity contribution is 0.628. The molecular weight excluding hydrogens is 369 g/mol. The Kier molecular flexibility index (Phi) is 4.29. The molecule has 0 amide bonds. The first-order valence-electron chi connectivity index (χ1n) is 9.33. The van der Waals surface area contributed by atoms with Crippen LogP contribution < -0.4 is 5.56 Å². The summed E-state index contributed by atoms with van der Waals surface area (Å²) in [5, 5.41) is 3.38. The fourth-order valence-electron chi connectivity index (χ4n) is 3.98. The van der Waals surface area contributed by atoms with E-state index in [1.807, 2.05) is 28.8 Å². The lowest BCUT2D eigenvalue weighted by Gasteiger charge is -2.16. The second-order valence-corrected chi connectivity index (χ2v) is 8.09. The van der Waals surface area contributed by atoms with Gasteiger partial charge in [-0.2, -0.15) is 0 Å². The maximum absolute atomic E-state index is 13.5. The molecule has 0 bridgehead atoms. The average molecular weight is 387 g/mol. The van der Waals surface area contributed by atoms with Crippen LogP contribution in [0, 0.1) is 5.82 Å². The fourth-order valence-corrected chi connectivity index (χ4v) is 5.18. The Bertz CT molecular complexity index is 1240. The van der Waals surface area contributed by atoms with Gasteiger partial charge in [0, 0.05) is 23.9 Å². The minimum Gasteiger partial charge on any atom is -0.302 e. The Hall–Kier alpha value is -2.85. The van der Waals surface area contributed by atoms with Gasteiger partial charge in [0.05, 0.1) is 5.03 Å². The molecule has 2 heterocycles. The third-order valence-electron chi connectivity index (χ3n) is 5.29. The summed E-state index contributed by atoms with van der Waals surface area (Å²) in [5.41, 5.74) is 4.23. The summed E-state index contributed by atoms with van der Waals surface area (Å²) in [6.07, 6.45) is 0.664. The largest absolute Gasteiger partial charge is 0.302 e. The predicted octanol–water partition coefficient (Wildman–Crippen LogP) is 5.50. The van der Waals surface area contributed by atoms with Crippen molar-refractivity contribution >= 4 is 22.5 Å². The van der Waals surface area contributed by atoms with E-state index >= 15 is 0 Å². The van der Waals surface area contributed by atoms with Gasteiger partial charge in [-0.15, -0.1) is 11.8 Å². The highest BCUT2D eigenvalue weighted by Crippen LogP contribution is 2.38. The highest BCUT2D eigenvalue weighted by atomic mass is 32.2. The first kappa shape index (κ1) is 17.3. The molecule has 5 rings (SSSR count). The van der Waals surface area contributed by atoms with Crippen molar-refractivity contribution in [2.75, 3.05) is 5.75 Å². The maximum atomic E-state index is 13.5. The van der Waals surface area contributed by atoms with Crippen molar-refractivity contribution < 1.29 is 4.39 Å². The quantitative estimate of drug-likeness (QED) is 0.463. The molecular formula is C24H18FNOS. The van der Waals surface area contributed by atoms with Crippen molar-refractivity contribution in [3.05, 3.63) is 100 Å². The molecule has 2 nitrogen and oxygen atoms in total. The van der Waals surface area contributed by atoms with E-state index in [0.29, 0.717) is 6.42 Å². The Morgan fingerprint density at radius 2 is 1.71 bits per heavy atom. The second-order valence-electron chi connectivity index (χ2n) is 7.01. The van der Waals surface area contributed by atoms with Crippen LogP contribution in [0.25, 0.3) is 21.9 Å². The van der Waals surface area contributed by atoms with Crippen LogP contribution in [0.3, 0.4) is 0 Å². The number of hydrogen-bond acceptors (Lipinski definition) is 2. The number of thioether (sulfide) groups is 1. The first-order chi connectivity index (χ1) is 13.7. The first-order valence-corrected chi connectivity index (χ1v) is 10.3. The van der Waals surface area contributed by atoms with Gasteiger partial charge in [0.1, 0.15) is 5.82 Å². The monoisotopic (exact) mass is 387 g/mol. The zero-order chi connectivity index (χ0) is 19.1. The van der Waals surface area contributed by atoms with E-state index < -0.39 is 0 Å². The summed E-state index contributed by atoms with van der Waals surface area (Å²) in [6, 6.07) is 22.9. The molecule has 0 spiro atoms. The maximum Gasteiger partial charge on any atom is 0.251 e. The van der Waals surface area contributed by atoms with E-state index in [9.17, 15) is 9.18 Å². The third kappa shape index (κ3) is 2.94. The lowest BCUT2D eigenvalue weighted by Crippen LogP contribution is -2.20. The van der Waals surface area contributed by atoms with Crippen LogP contribution in [0.5, 0.6) is 0 Å². The molecule has 1 aromatic heterocycles. The number of benzene rings is 3. The number of hydrogen-bond donors (Lipinski definition) is 0. The summed E-state index contributed by atoms with van der Waals surface area (Å²) in [6.45, 7) is 0.724. The van der Waals surface area contributed by atoms with Gasteiger partial charge in [0.15, 0.2) is 0 Å². The third-order valence-corrected chi connectivity index (χ3v) is 6.38. The van der Waals surface area contributed by atoms with Crippen molar-refractivity contribution in [3.63, 3.8) is 0 Å². The van der Waals surface area contributed by atoms with Crippen molar-refractivity contribution in [2.45, 2.75) is 18.0 Å². The van der Waals surface area contributed by atoms with E-state index in [0.717, 1.165) is 34.0 Å². The average Bonchev–Trinajstić information content (AvgIpc) is 3.20. The van der Waals surface area contributed by atoms with Gasteiger partial charge in [-0.25, -0.2) is 4.39 Å². The Balaban J connectivity index is 1.72. The molecule has 1 aliphatic heterocycles. The van der Waals surface area contributed by atoms with Crippen LogP contribution in [0.4, 0.5) is 4.39 Å². The van der Waals surface area contributed by atoms with Gasteiger partial charge in [0.2, 0.25) is 0 Å². The highest BCUT2D eigenvalue weighted by molar-refractivity contribution is 7.99. The number of pyridine rings is 1. The molecule has 0 fully saturated rings. The Morgan fingerprint density at radius 3 is 2.57 bits per heavy atom. The smallest absolute Gasteiger partial charge is 0.251 e. The van der Waals surface area contributed by atoms with Crippen molar-refractivity contribution in [2.24, 2.45) is 0 Å². The number of nitrogens with zero attached hydrogens (tertiary/aromatic N) is 1. The van der Waals surface area contributed by atoms with Crippen LogP contribution in [0.15, 0.2) is 82.6 Å². The van der Waals surface area contributed by atoms with Crippen molar-refractivity contribution in [1.82, 2.24) is 4.57 Å². The zero-order valence-corrected chi connectivity index (χ0v) is 16.0. The van der Waals surface area contributed by atoms with Gasteiger partial charge in [-0.1, -0.05) is 54.6 Å². The molecule has 0 aliphatic carbocycles. The SMILES string of the molecule is O=c1cc(Cc2cccc3ccccc23)c(-c2ccc(F)cc2)c2n1CCS2. The predicted molar refractivity (Wildman–Crippen MR) is 114 cm³/mol. The molecule has 28 heavy (non-hydrogen) atoms. The van der Waals surface area contributed by atoms with Gasteiger partial charge >= 0.3 is 0 Å². The molecule has 4 heteroatoms. The molecule has 0 N–H and O–H groups in total. The van der Waals surface area contributed by atoms with Crippen molar-refractivity contribution in [3.8, 4) is 11.1 Å². The van der Waals surface area contributed by atoms with Crippen LogP contribution in [-0.2, 0) is 13.0 Å². The Morgan fingerprint density at radius 1 is 0.929 bits per heavy atom.